The molecule has 0 bridgehead atoms. The molecule has 0 saturated heterocycles. The summed E-state index contributed by atoms with van der Waals surface area (Å²) in [7, 11) is 7.21. The molecular formula is C35H33F2N3O3. The molecule has 0 radical (unpaired) electrons. The molecule has 1 N–H and O–H groups in total. The molecule has 0 spiro atoms. The number of rotatable bonds is 7. The van der Waals surface area contributed by atoms with E-state index in [1.807, 2.05) is 63.3 Å². The van der Waals surface area contributed by atoms with Crippen molar-refractivity contribution in [3.8, 4) is 33.9 Å². The first-order valence-electron chi connectivity index (χ1n) is 14.2. The molecule has 0 aliphatic carbocycles. The lowest BCUT2D eigenvalue weighted by atomic mass is 9.95. The molecule has 8 heteroatoms. The van der Waals surface area contributed by atoms with Gasteiger partial charge in [0.05, 0.1) is 18.4 Å². The van der Waals surface area contributed by atoms with Crippen molar-refractivity contribution in [3.63, 3.8) is 0 Å². The van der Waals surface area contributed by atoms with Gasteiger partial charge in [0.1, 0.15) is 28.7 Å². The van der Waals surface area contributed by atoms with Crippen molar-refractivity contribution in [2.75, 3.05) is 33.2 Å². The second kappa shape index (κ2) is 11.5. The monoisotopic (exact) mass is 581 g/mol. The Bertz CT molecular complexity index is 1860. The van der Waals surface area contributed by atoms with Crippen molar-refractivity contribution in [2.24, 2.45) is 0 Å². The summed E-state index contributed by atoms with van der Waals surface area (Å²) in [6, 6.07) is 17.4. The Morgan fingerprint density at radius 3 is 2.49 bits per heavy atom. The van der Waals surface area contributed by atoms with Crippen LogP contribution in [0.2, 0.25) is 0 Å². The highest BCUT2D eigenvalue weighted by molar-refractivity contribution is 5.97. The van der Waals surface area contributed by atoms with Crippen LogP contribution in [0, 0.1) is 11.6 Å². The third-order valence-electron chi connectivity index (χ3n) is 7.84. The number of aryl methyl sites for hydroxylation is 1. The van der Waals surface area contributed by atoms with E-state index in [0.717, 1.165) is 51.9 Å². The predicted octanol–water partition coefficient (Wildman–Crippen LogP) is 7.99. The third kappa shape index (κ3) is 5.23. The van der Waals surface area contributed by atoms with Gasteiger partial charge in [0.25, 0.3) is 0 Å². The van der Waals surface area contributed by atoms with Gasteiger partial charge in [-0.15, -0.1) is 0 Å². The van der Waals surface area contributed by atoms with E-state index in [9.17, 15) is 4.39 Å². The number of fused-ring (bicyclic) bond motifs is 2. The lowest BCUT2D eigenvalue weighted by Gasteiger charge is -2.21. The first-order chi connectivity index (χ1) is 20.8. The Hall–Kier alpha value is -4.69. The van der Waals surface area contributed by atoms with Gasteiger partial charge in [0, 0.05) is 60.7 Å². The van der Waals surface area contributed by atoms with Gasteiger partial charge in [0.15, 0.2) is 11.6 Å². The number of anilines is 1. The fourth-order valence-electron chi connectivity index (χ4n) is 5.70. The van der Waals surface area contributed by atoms with E-state index < -0.39 is 5.82 Å². The molecular weight excluding hydrogens is 548 g/mol. The van der Waals surface area contributed by atoms with Crippen molar-refractivity contribution >= 4 is 22.4 Å². The summed E-state index contributed by atoms with van der Waals surface area (Å²) in [5.74, 6) is 1.19. The SMILES string of the molecule is CNCc1c(-c2ccc(F)cc2)oc2cc(N(C)C)c(-c3cc(F)c(OC)c(C4=C(C)CCc5ncccc5O4)c3)cc12. The standard InChI is InChI=1S/C35H33F2N3O3/c1-20-8-13-29-31(7-6-14-39-29)42-33(20)26-15-22(16-28(37)35(26)41-5)24-17-25-27(19-38-2)34(21-9-11-23(36)12-10-21)43-32(25)18-30(24)40(3)4/h6-7,9-12,14-18,38H,8,13,19H2,1-5H3. The molecule has 0 amide bonds. The maximum absolute atomic E-state index is 15.9. The highest BCUT2D eigenvalue weighted by Gasteiger charge is 2.25. The zero-order valence-corrected chi connectivity index (χ0v) is 24.8. The molecule has 0 saturated carbocycles. The smallest absolute Gasteiger partial charge is 0.166 e. The molecule has 43 heavy (non-hydrogen) atoms. The molecule has 6 rings (SSSR count). The van der Waals surface area contributed by atoms with Gasteiger partial charge in [-0.25, -0.2) is 8.78 Å². The van der Waals surface area contributed by atoms with Crippen LogP contribution >= 0.6 is 0 Å². The van der Waals surface area contributed by atoms with Gasteiger partial charge < -0.3 is 24.1 Å². The number of methoxy groups -OCH3 is 1. The maximum atomic E-state index is 15.9. The van der Waals surface area contributed by atoms with Crippen LogP contribution < -0.4 is 19.7 Å². The number of halogens is 2. The fraction of sp³-hybridized carbons (Fsp3) is 0.229. The van der Waals surface area contributed by atoms with Gasteiger partial charge in [-0.2, -0.15) is 0 Å². The normalized spacial score (nSPS) is 13.1. The minimum absolute atomic E-state index is 0.121. The lowest BCUT2D eigenvalue weighted by Crippen LogP contribution is -2.10. The lowest BCUT2D eigenvalue weighted by molar-refractivity contribution is 0.381. The topological polar surface area (TPSA) is 59.8 Å². The summed E-state index contributed by atoms with van der Waals surface area (Å²) < 4.78 is 48.0. The summed E-state index contributed by atoms with van der Waals surface area (Å²) in [5, 5.41) is 4.11. The largest absolute Gasteiger partial charge is 0.493 e. The van der Waals surface area contributed by atoms with Crippen LogP contribution in [-0.2, 0) is 13.0 Å². The Labute approximate surface area is 249 Å². The van der Waals surface area contributed by atoms with Crippen LogP contribution in [0.3, 0.4) is 0 Å². The number of hydrogen-bond acceptors (Lipinski definition) is 6. The Morgan fingerprint density at radius 2 is 1.77 bits per heavy atom. The molecule has 6 nitrogen and oxygen atoms in total. The second-order valence-electron chi connectivity index (χ2n) is 10.9. The third-order valence-corrected chi connectivity index (χ3v) is 7.84. The predicted molar refractivity (Wildman–Crippen MR) is 166 cm³/mol. The first-order valence-corrected chi connectivity index (χ1v) is 14.2. The Morgan fingerprint density at radius 1 is 0.977 bits per heavy atom. The second-order valence-corrected chi connectivity index (χ2v) is 10.9. The van der Waals surface area contributed by atoms with Gasteiger partial charge in [-0.05, 0) is 92.5 Å². The number of pyridine rings is 1. The number of allylic oxidation sites excluding steroid dienone is 1. The maximum Gasteiger partial charge on any atom is 0.166 e. The van der Waals surface area contributed by atoms with E-state index >= 15 is 4.39 Å². The molecule has 1 aliphatic heterocycles. The van der Waals surface area contributed by atoms with Crippen LogP contribution in [0.4, 0.5) is 14.5 Å². The van der Waals surface area contributed by atoms with Gasteiger partial charge >= 0.3 is 0 Å². The van der Waals surface area contributed by atoms with Gasteiger partial charge in [0.2, 0.25) is 0 Å². The average molecular weight is 582 g/mol. The first kappa shape index (κ1) is 28.4. The fourth-order valence-corrected chi connectivity index (χ4v) is 5.70. The number of hydrogen-bond donors (Lipinski definition) is 1. The number of furan rings is 1. The number of nitrogens with zero attached hydrogens (tertiary/aromatic N) is 2. The number of nitrogens with one attached hydrogen (secondary N) is 1. The summed E-state index contributed by atoms with van der Waals surface area (Å²) in [4.78, 5) is 6.46. The van der Waals surface area contributed by atoms with E-state index in [4.69, 9.17) is 13.9 Å². The summed E-state index contributed by atoms with van der Waals surface area (Å²) in [6.07, 6.45) is 3.20. The zero-order valence-electron chi connectivity index (χ0n) is 24.8. The number of ether oxygens (including phenoxy) is 2. The molecule has 5 aromatic rings. The molecule has 0 atom stereocenters. The minimum Gasteiger partial charge on any atom is -0.493 e. The minimum atomic E-state index is -0.492. The van der Waals surface area contributed by atoms with Crippen molar-refractivity contribution in [1.29, 1.82) is 0 Å². The number of benzene rings is 3. The van der Waals surface area contributed by atoms with Crippen molar-refractivity contribution < 1.29 is 22.7 Å². The van der Waals surface area contributed by atoms with Gasteiger partial charge in [-0.3, -0.25) is 4.98 Å². The van der Waals surface area contributed by atoms with Crippen LogP contribution in [0.15, 0.2) is 76.9 Å². The van der Waals surface area contributed by atoms with Crippen molar-refractivity contribution in [2.45, 2.75) is 26.3 Å². The van der Waals surface area contributed by atoms with E-state index in [1.165, 1.54) is 25.3 Å². The van der Waals surface area contributed by atoms with Crippen LogP contribution in [0.5, 0.6) is 11.5 Å². The summed E-state index contributed by atoms with van der Waals surface area (Å²) >= 11 is 0. The number of aromatic nitrogens is 1. The van der Waals surface area contributed by atoms with Crippen LogP contribution in [0.25, 0.3) is 39.2 Å². The molecule has 220 valence electrons. The van der Waals surface area contributed by atoms with E-state index in [2.05, 4.69) is 10.3 Å². The molecule has 3 aromatic carbocycles. The molecule has 0 fully saturated rings. The highest BCUT2D eigenvalue weighted by atomic mass is 19.1. The molecule has 2 aromatic heterocycles. The quantitative estimate of drug-likeness (QED) is 0.210. The average Bonchev–Trinajstić information content (AvgIpc) is 3.26. The van der Waals surface area contributed by atoms with Crippen molar-refractivity contribution in [3.05, 3.63) is 101 Å². The van der Waals surface area contributed by atoms with E-state index in [0.29, 0.717) is 40.5 Å². The summed E-state index contributed by atoms with van der Waals surface area (Å²) in [6.45, 7) is 2.52. The Balaban J connectivity index is 1.56. The molecule has 0 unspecified atom stereocenters. The highest BCUT2D eigenvalue weighted by Crippen LogP contribution is 2.44. The van der Waals surface area contributed by atoms with E-state index in [-0.39, 0.29) is 11.6 Å². The Kier molecular flexibility index (Phi) is 7.62. The van der Waals surface area contributed by atoms with E-state index in [1.54, 1.807) is 18.3 Å². The molecule has 1 aliphatic rings. The van der Waals surface area contributed by atoms with Gasteiger partial charge in [-0.1, -0.05) is 0 Å². The van der Waals surface area contributed by atoms with Crippen LogP contribution in [0.1, 0.15) is 30.2 Å². The van der Waals surface area contributed by atoms with Crippen molar-refractivity contribution in [1.82, 2.24) is 10.3 Å². The van der Waals surface area contributed by atoms with Crippen LogP contribution in [-0.4, -0.2) is 33.2 Å². The molecule has 3 heterocycles. The zero-order chi connectivity index (χ0) is 30.2. The summed E-state index contributed by atoms with van der Waals surface area (Å²) in [5.41, 5.74) is 7.09.